The van der Waals surface area contributed by atoms with Gasteiger partial charge in [0.05, 0.1) is 38.2 Å². The number of hydrogen-bond donors (Lipinski definition) is 2. The Balaban J connectivity index is 2.21. The molecule has 0 aromatic heterocycles. The van der Waals surface area contributed by atoms with Crippen LogP contribution in [-0.4, -0.2) is 30.3 Å². The Kier molecular flexibility index (Phi) is 10.7. The predicted octanol–water partition coefficient (Wildman–Crippen LogP) is 8.49. The Bertz CT molecular complexity index is 1210. The van der Waals surface area contributed by atoms with Crippen molar-refractivity contribution in [2.24, 2.45) is 0 Å². The van der Waals surface area contributed by atoms with E-state index >= 15 is 0 Å². The van der Waals surface area contributed by atoms with Crippen LogP contribution in [0.1, 0.15) is 47.2 Å². The molecular formula is C23H17Cl4F7N2O2. The quantitative estimate of drug-likeness (QED) is 0.175. The molecule has 2 unspecified atom stereocenters. The molecule has 208 valence electrons. The summed E-state index contributed by atoms with van der Waals surface area (Å²) in [6.45, 7) is 1.28. The number of nitrogens with one attached hydrogen (secondary N) is 2. The molecule has 2 aromatic rings. The highest BCUT2D eigenvalue weighted by Gasteiger charge is 2.40. The van der Waals surface area contributed by atoms with Gasteiger partial charge in [-0.25, -0.2) is 4.39 Å². The zero-order valence-electron chi connectivity index (χ0n) is 19.0. The van der Waals surface area contributed by atoms with E-state index in [9.17, 15) is 40.3 Å². The summed E-state index contributed by atoms with van der Waals surface area (Å²) < 4.78 is 92.7. The highest BCUT2D eigenvalue weighted by molar-refractivity contribution is 6.48. The number of allylic oxidation sites excluding steroid dienone is 1. The molecule has 4 nitrogen and oxygen atoms in total. The van der Waals surface area contributed by atoms with Crippen LogP contribution in [0.25, 0.3) is 5.83 Å². The second-order valence-electron chi connectivity index (χ2n) is 7.90. The van der Waals surface area contributed by atoms with E-state index in [4.69, 9.17) is 46.4 Å². The predicted molar refractivity (Wildman–Crippen MR) is 131 cm³/mol. The number of alkyl halides is 6. The Morgan fingerprint density at radius 1 is 0.921 bits per heavy atom. The second kappa shape index (κ2) is 12.8. The lowest BCUT2D eigenvalue weighted by Gasteiger charge is -2.19. The van der Waals surface area contributed by atoms with Crippen molar-refractivity contribution in [3.63, 3.8) is 0 Å². The zero-order valence-corrected chi connectivity index (χ0v) is 22.0. The largest absolute Gasteiger partial charge is 0.399 e. The number of carbonyl (C=O) groups is 2. The van der Waals surface area contributed by atoms with Crippen LogP contribution >= 0.6 is 46.4 Å². The Morgan fingerprint density at radius 3 is 2.00 bits per heavy atom. The SMILES string of the molecule is CC(NC(=O)CCC(F)(F)F)NC(=O)c1ccc(/C(F)=C/C(c2cc(Cl)c(Cl)c(Cl)c2)C(F)(F)F)cc1Cl. The summed E-state index contributed by atoms with van der Waals surface area (Å²) in [6, 6.07) is 4.73. The fourth-order valence-electron chi connectivity index (χ4n) is 3.10. The van der Waals surface area contributed by atoms with Crippen LogP contribution in [0.3, 0.4) is 0 Å². The molecule has 0 aliphatic carbocycles. The third-order valence-electron chi connectivity index (χ3n) is 4.88. The summed E-state index contributed by atoms with van der Waals surface area (Å²) >= 11 is 23.4. The van der Waals surface area contributed by atoms with Gasteiger partial charge in [0.2, 0.25) is 5.91 Å². The molecule has 0 aliphatic rings. The summed E-state index contributed by atoms with van der Waals surface area (Å²) in [4.78, 5) is 24.0. The fraction of sp³-hybridized carbons (Fsp3) is 0.304. The van der Waals surface area contributed by atoms with E-state index in [2.05, 4.69) is 10.6 Å². The van der Waals surface area contributed by atoms with Gasteiger partial charge in [-0.3, -0.25) is 9.59 Å². The molecule has 0 fully saturated rings. The Morgan fingerprint density at radius 2 is 1.50 bits per heavy atom. The molecule has 0 saturated heterocycles. The van der Waals surface area contributed by atoms with Crippen molar-refractivity contribution in [1.82, 2.24) is 10.6 Å². The first-order valence-corrected chi connectivity index (χ1v) is 12.0. The summed E-state index contributed by atoms with van der Waals surface area (Å²) in [5.74, 6) is -5.63. The van der Waals surface area contributed by atoms with Crippen molar-refractivity contribution in [1.29, 1.82) is 0 Å². The number of halogens is 11. The van der Waals surface area contributed by atoms with Crippen molar-refractivity contribution in [2.75, 3.05) is 0 Å². The summed E-state index contributed by atoms with van der Waals surface area (Å²) in [7, 11) is 0. The van der Waals surface area contributed by atoms with Gasteiger partial charge in [-0.15, -0.1) is 0 Å². The highest BCUT2D eigenvalue weighted by atomic mass is 35.5. The van der Waals surface area contributed by atoms with E-state index in [1.54, 1.807) is 0 Å². The normalized spacial score (nSPS) is 14.2. The molecule has 0 radical (unpaired) electrons. The van der Waals surface area contributed by atoms with Gasteiger partial charge in [-0.05, 0) is 42.8 Å². The van der Waals surface area contributed by atoms with Crippen molar-refractivity contribution in [2.45, 2.75) is 44.2 Å². The molecule has 0 spiro atoms. The van der Waals surface area contributed by atoms with Gasteiger partial charge in [0.1, 0.15) is 11.7 Å². The maximum absolute atomic E-state index is 14.9. The molecule has 38 heavy (non-hydrogen) atoms. The van der Waals surface area contributed by atoms with E-state index in [-0.39, 0.29) is 37.3 Å². The number of rotatable bonds is 8. The van der Waals surface area contributed by atoms with Crippen LogP contribution in [0.4, 0.5) is 30.7 Å². The highest BCUT2D eigenvalue weighted by Crippen LogP contribution is 2.42. The van der Waals surface area contributed by atoms with Crippen LogP contribution in [0.15, 0.2) is 36.4 Å². The van der Waals surface area contributed by atoms with Gasteiger partial charge in [0.25, 0.3) is 5.91 Å². The van der Waals surface area contributed by atoms with Crippen LogP contribution in [0, 0.1) is 0 Å². The summed E-state index contributed by atoms with van der Waals surface area (Å²) in [6.07, 6.45) is -12.5. The monoisotopic (exact) mass is 626 g/mol. The lowest BCUT2D eigenvalue weighted by atomic mass is 9.96. The second-order valence-corrected chi connectivity index (χ2v) is 9.50. The Hall–Kier alpha value is -2.21. The third kappa shape index (κ3) is 9.21. The molecule has 0 bridgehead atoms. The molecule has 2 N–H and O–H groups in total. The minimum Gasteiger partial charge on any atom is -0.336 e. The van der Waals surface area contributed by atoms with Crippen molar-refractivity contribution in [3.8, 4) is 0 Å². The van der Waals surface area contributed by atoms with Crippen LogP contribution in [0.2, 0.25) is 20.1 Å². The smallest absolute Gasteiger partial charge is 0.336 e. The molecule has 2 aromatic carbocycles. The standard InChI is InChI=1S/C23H17Cl4F7N2O2/c1-10(35-19(37)4-5-22(29,30)31)36-21(38)13-3-2-11(6-15(13)24)18(28)9-14(23(32,33)34)12-7-16(25)20(27)17(26)8-12/h2-3,6-10,14H,4-5H2,1H3,(H,35,37)(H,36,38)/b18-9-. The maximum atomic E-state index is 14.9. The van der Waals surface area contributed by atoms with Crippen molar-refractivity contribution in [3.05, 3.63) is 73.2 Å². The van der Waals surface area contributed by atoms with Crippen molar-refractivity contribution < 1.29 is 40.3 Å². The van der Waals surface area contributed by atoms with Gasteiger partial charge in [0.15, 0.2) is 0 Å². The molecular weight excluding hydrogens is 611 g/mol. The van der Waals surface area contributed by atoms with Crippen molar-refractivity contribution >= 4 is 64.0 Å². The average Bonchev–Trinajstić information content (AvgIpc) is 2.77. The number of carbonyl (C=O) groups excluding carboxylic acids is 2. The minimum absolute atomic E-state index is 0.168. The lowest BCUT2D eigenvalue weighted by Crippen LogP contribution is -2.46. The van der Waals surface area contributed by atoms with Gasteiger partial charge in [-0.2, -0.15) is 26.3 Å². The fourth-order valence-corrected chi connectivity index (χ4v) is 3.98. The molecule has 0 saturated carbocycles. The van der Waals surface area contributed by atoms with E-state index in [1.165, 1.54) is 6.92 Å². The number of hydrogen-bond acceptors (Lipinski definition) is 2. The first-order valence-electron chi connectivity index (χ1n) is 10.4. The lowest BCUT2D eigenvalue weighted by molar-refractivity contribution is -0.144. The van der Waals surface area contributed by atoms with Gasteiger partial charge >= 0.3 is 12.4 Å². The zero-order chi connectivity index (χ0) is 29.0. The minimum atomic E-state index is -4.94. The summed E-state index contributed by atoms with van der Waals surface area (Å²) in [5.41, 5.74) is -1.09. The van der Waals surface area contributed by atoms with Gasteiger partial charge in [0, 0.05) is 12.0 Å². The van der Waals surface area contributed by atoms with Gasteiger partial charge < -0.3 is 10.6 Å². The van der Waals surface area contributed by atoms with Crippen LogP contribution < -0.4 is 10.6 Å². The van der Waals surface area contributed by atoms with E-state index in [1.807, 2.05) is 0 Å². The van der Waals surface area contributed by atoms with E-state index in [0.29, 0.717) is 0 Å². The molecule has 0 heterocycles. The molecule has 2 amide bonds. The summed E-state index contributed by atoms with van der Waals surface area (Å²) in [5, 5.41) is 3.38. The Labute approximate surface area is 232 Å². The third-order valence-corrected chi connectivity index (χ3v) is 6.39. The van der Waals surface area contributed by atoms with E-state index < -0.39 is 60.5 Å². The topological polar surface area (TPSA) is 58.2 Å². The maximum Gasteiger partial charge on any atom is 0.399 e. The molecule has 2 rings (SSSR count). The number of amides is 2. The molecule has 0 aliphatic heterocycles. The first-order chi connectivity index (χ1) is 17.4. The first kappa shape index (κ1) is 32.0. The number of benzene rings is 2. The molecule has 2 atom stereocenters. The van der Waals surface area contributed by atoms with E-state index in [0.717, 1.165) is 30.3 Å². The van der Waals surface area contributed by atoms with Gasteiger partial charge in [-0.1, -0.05) is 52.5 Å². The molecule has 15 heteroatoms. The van der Waals surface area contributed by atoms with Crippen LogP contribution in [0.5, 0.6) is 0 Å². The average molecular weight is 628 g/mol. The van der Waals surface area contributed by atoms with Crippen LogP contribution in [-0.2, 0) is 4.79 Å².